The molecule has 1 aromatic heterocycles. The van der Waals surface area contributed by atoms with Gasteiger partial charge in [-0.05, 0) is 35.1 Å². The summed E-state index contributed by atoms with van der Waals surface area (Å²) in [4.78, 5) is 12.0. The van der Waals surface area contributed by atoms with Crippen molar-refractivity contribution in [2.45, 2.75) is 0 Å². The lowest BCUT2D eigenvalue weighted by Crippen LogP contribution is -2.20. The third-order valence-corrected chi connectivity index (χ3v) is 3.87. The van der Waals surface area contributed by atoms with Crippen LogP contribution in [0.4, 0.5) is 4.39 Å². The first-order valence-electron chi connectivity index (χ1n) is 4.54. The minimum Gasteiger partial charge on any atom is -0.321 e. The summed E-state index contributed by atoms with van der Waals surface area (Å²) in [7, 11) is 0. The van der Waals surface area contributed by atoms with Gasteiger partial charge in [-0.3, -0.25) is 4.79 Å². The van der Waals surface area contributed by atoms with E-state index in [1.807, 2.05) is 0 Å². The maximum atomic E-state index is 13.0. The van der Waals surface area contributed by atoms with Crippen molar-refractivity contribution in [1.29, 1.82) is 0 Å². The predicted octanol–water partition coefficient (Wildman–Crippen LogP) is 2.16. The van der Waals surface area contributed by atoms with Gasteiger partial charge < -0.3 is 5.84 Å². The minimum absolute atomic E-state index is 0.312. The van der Waals surface area contributed by atoms with Crippen LogP contribution in [0.5, 0.6) is 0 Å². The number of nitrogens with zero attached hydrogens (tertiary/aromatic N) is 2. The standard InChI is InChI=1S/C10H8FN3OS2/c1-2-16-10(13-12)14-9(15)7-5-6(11)3-4-8(7)17-14/h2-5H,1,12H2/b13-10-. The monoisotopic (exact) mass is 269 g/mol. The van der Waals surface area contributed by atoms with Crippen LogP contribution in [0, 0.1) is 5.82 Å². The molecule has 0 amide bonds. The second-order valence-corrected chi connectivity index (χ2v) is 4.95. The number of benzene rings is 1. The van der Waals surface area contributed by atoms with E-state index < -0.39 is 5.82 Å². The fourth-order valence-corrected chi connectivity index (χ4v) is 2.84. The predicted molar refractivity (Wildman–Crippen MR) is 70.9 cm³/mol. The van der Waals surface area contributed by atoms with Crippen molar-refractivity contribution >= 4 is 38.5 Å². The lowest BCUT2D eigenvalue weighted by molar-refractivity contribution is 0.629. The third kappa shape index (κ3) is 2.11. The number of nitrogens with two attached hydrogens (primary N) is 1. The van der Waals surface area contributed by atoms with Crippen LogP contribution in [0.25, 0.3) is 10.1 Å². The van der Waals surface area contributed by atoms with Crippen LogP contribution >= 0.6 is 23.3 Å². The van der Waals surface area contributed by atoms with Gasteiger partial charge in [0, 0.05) is 0 Å². The van der Waals surface area contributed by atoms with E-state index in [2.05, 4.69) is 11.7 Å². The second kappa shape index (κ2) is 4.72. The Balaban J connectivity index is 2.68. The highest BCUT2D eigenvalue weighted by Gasteiger charge is 2.12. The maximum Gasteiger partial charge on any atom is 0.275 e. The van der Waals surface area contributed by atoms with E-state index in [-0.39, 0.29) is 5.56 Å². The zero-order valence-electron chi connectivity index (χ0n) is 8.59. The van der Waals surface area contributed by atoms with Gasteiger partial charge >= 0.3 is 0 Å². The summed E-state index contributed by atoms with van der Waals surface area (Å²) in [6.07, 6.45) is 0. The van der Waals surface area contributed by atoms with Crippen molar-refractivity contribution in [3.05, 3.63) is 46.4 Å². The fourth-order valence-electron chi connectivity index (χ4n) is 1.33. The summed E-state index contributed by atoms with van der Waals surface area (Å²) in [5.74, 6) is 4.76. The van der Waals surface area contributed by atoms with E-state index in [0.29, 0.717) is 15.3 Å². The molecule has 0 spiro atoms. The summed E-state index contributed by atoms with van der Waals surface area (Å²) in [6.45, 7) is 3.53. The first-order chi connectivity index (χ1) is 8.17. The highest BCUT2D eigenvalue weighted by molar-refractivity contribution is 8.16. The minimum atomic E-state index is -0.442. The van der Waals surface area contributed by atoms with Gasteiger partial charge in [-0.15, -0.1) is 0 Å². The summed E-state index contributed by atoms with van der Waals surface area (Å²) >= 11 is 2.29. The van der Waals surface area contributed by atoms with Crippen LogP contribution in [0.1, 0.15) is 0 Å². The molecular weight excluding hydrogens is 261 g/mol. The number of hydrogen-bond acceptors (Lipinski definition) is 5. The zero-order chi connectivity index (χ0) is 12.4. The fraction of sp³-hybridized carbons (Fsp3) is 0. The smallest absolute Gasteiger partial charge is 0.275 e. The molecule has 1 heterocycles. The molecule has 0 aliphatic rings. The summed E-state index contributed by atoms with van der Waals surface area (Å²) in [6, 6.07) is 4.07. The van der Waals surface area contributed by atoms with Crippen LogP contribution in [0.15, 0.2) is 40.1 Å². The Morgan fingerprint density at radius 2 is 2.41 bits per heavy atom. The molecule has 0 radical (unpaired) electrons. The van der Waals surface area contributed by atoms with Crippen LogP contribution in [-0.4, -0.2) is 9.12 Å². The Hall–Kier alpha value is -1.60. The van der Waals surface area contributed by atoms with Crippen LogP contribution < -0.4 is 11.4 Å². The van der Waals surface area contributed by atoms with E-state index in [0.717, 1.165) is 23.3 Å². The first-order valence-corrected chi connectivity index (χ1v) is 6.20. The van der Waals surface area contributed by atoms with Gasteiger partial charge in [0.1, 0.15) is 5.82 Å². The number of rotatable bonds is 1. The Morgan fingerprint density at radius 1 is 1.65 bits per heavy atom. The SMILES string of the molecule is C=CS/C(=N\N)n1sc2ccc(F)cc2c1=O. The average molecular weight is 269 g/mol. The first kappa shape index (κ1) is 11.9. The highest BCUT2D eigenvalue weighted by Crippen LogP contribution is 2.19. The van der Waals surface area contributed by atoms with Crippen molar-refractivity contribution < 1.29 is 4.39 Å². The molecule has 0 bridgehead atoms. The summed E-state index contributed by atoms with van der Waals surface area (Å²) in [5.41, 5.74) is -0.331. The van der Waals surface area contributed by atoms with Crippen molar-refractivity contribution in [3.63, 3.8) is 0 Å². The van der Waals surface area contributed by atoms with E-state index in [9.17, 15) is 9.18 Å². The van der Waals surface area contributed by atoms with E-state index in [1.54, 1.807) is 6.07 Å². The molecule has 0 unspecified atom stereocenters. The molecule has 2 rings (SSSR count). The zero-order valence-corrected chi connectivity index (χ0v) is 10.2. The lowest BCUT2D eigenvalue weighted by Gasteiger charge is -1.98. The topological polar surface area (TPSA) is 60.4 Å². The number of thioether (sulfide) groups is 1. The molecule has 0 fully saturated rings. The van der Waals surface area contributed by atoms with E-state index >= 15 is 0 Å². The molecule has 0 aliphatic carbocycles. The lowest BCUT2D eigenvalue weighted by atomic mass is 10.3. The molecule has 7 heteroatoms. The summed E-state index contributed by atoms with van der Waals surface area (Å²) < 4.78 is 15.0. The van der Waals surface area contributed by atoms with Gasteiger partial charge in [-0.1, -0.05) is 18.3 Å². The molecule has 88 valence electrons. The molecule has 2 aromatic rings. The van der Waals surface area contributed by atoms with Gasteiger partial charge in [-0.2, -0.15) is 5.10 Å². The largest absolute Gasteiger partial charge is 0.321 e. The highest BCUT2D eigenvalue weighted by atomic mass is 32.2. The van der Waals surface area contributed by atoms with Gasteiger partial charge in [0.05, 0.1) is 10.1 Å². The molecule has 0 aliphatic heterocycles. The van der Waals surface area contributed by atoms with Crippen molar-refractivity contribution in [2.24, 2.45) is 10.9 Å². The number of halogens is 1. The van der Waals surface area contributed by atoms with Gasteiger partial charge in [0.15, 0.2) is 0 Å². The Bertz CT molecular complexity index is 659. The van der Waals surface area contributed by atoms with Gasteiger partial charge in [0.25, 0.3) is 5.56 Å². The average Bonchev–Trinajstić information content (AvgIpc) is 2.64. The molecule has 2 N–H and O–H groups in total. The molecular formula is C10H8FN3OS2. The van der Waals surface area contributed by atoms with Crippen molar-refractivity contribution in [1.82, 2.24) is 3.96 Å². The molecule has 17 heavy (non-hydrogen) atoms. The van der Waals surface area contributed by atoms with Crippen LogP contribution in [0.2, 0.25) is 0 Å². The van der Waals surface area contributed by atoms with Crippen molar-refractivity contribution in [3.8, 4) is 0 Å². The number of hydrazone groups is 1. The number of hydrogen-bond donors (Lipinski definition) is 1. The number of fused-ring (bicyclic) bond motifs is 1. The summed E-state index contributed by atoms with van der Waals surface area (Å²) in [5, 5.41) is 5.66. The molecule has 0 atom stereocenters. The molecule has 4 nitrogen and oxygen atoms in total. The van der Waals surface area contributed by atoms with E-state index in [1.165, 1.54) is 21.5 Å². The molecule has 1 aromatic carbocycles. The van der Waals surface area contributed by atoms with Crippen LogP contribution in [0.3, 0.4) is 0 Å². The van der Waals surface area contributed by atoms with Crippen molar-refractivity contribution in [2.75, 3.05) is 0 Å². The second-order valence-electron chi connectivity index (χ2n) is 3.03. The normalized spacial score (nSPS) is 11.9. The quantitative estimate of drug-likeness (QED) is 0.373. The maximum absolute atomic E-state index is 13.0. The van der Waals surface area contributed by atoms with Crippen LogP contribution in [-0.2, 0) is 0 Å². The Kier molecular flexibility index (Phi) is 3.30. The number of aromatic nitrogens is 1. The Labute approximate surface area is 104 Å². The van der Waals surface area contributed by atoms with Gasteiger partial charge in [0.2, 0.25) is 5.17 Å². The molecule has 0 saturated carbocycles. The van der Waals surface area contributed by atoms with Gasteiger partial charge in [-0.25, -0.2) is 8.35 Å². The Morgan fingerprint density at radius 3 is 3.06 bits per heavy atom. The molecule has 0 saturated heterocycles. The van der Waals surface area contributed by atoms with E-state index in [4.69, 9.17) is 5.84 Å². The third-order valence-electron chi connectivity index (χ3n) is 2.02.